The highest BCUT2D eigenvalue weighted by molar-refractivity contribution is 7.11. The minimum Gasteiger partial charge on any atom is -0.306 e. The topological polar surface area (TPSA) is 24.9 Å². The molecule has 0 unspecified atom stereocenters. The lowest BCUT2D eigenvalue weighted by Crippen LogP contribution is -2.12. The monoisotopic (exact) mass is 260 g/mol. The molecule has 0 radical (unpaired) electrons. The summed E-state index contributed by atoms with van der Waals surface area (Å²) in [5.41, 5.74) is 3.88. The Morgan fingerprint density at radius 2 is 1.72 bits per heavy atom. The van der Waals surface area contributed by atoms with Crippen molar-refractivity contribution in [3.05, 3.63) is 51.0 Å². The van der Waals surface area contributed by atoms with Crippen molar-refractivity contribution in [3.8, 4) is 0 Å². The Hall–Kier alpha value is -1.19. The standard InChI is InChI=1S/C15H20N2S/c1-4-13-5-7-14(8-6-13)9-16-10-15-17-11(2)12(3)18-15/h5-8,16H,4,9-10H2,1-3H3. The number of aryl methyl sites for hydroxylation is 3. The van der Waals surface area contributed by atoms with Crippen LogP contribution in [0.4, 0.5) is 0 Å². The molecule has 0 aliphatic carbocycles. The SMILES string of the molecule is CCc1ccc(CNCc2nc(C)c(C)s2)cc1. The van der Waals surface area contributed by atoms with E-state index < -0.39 is 0 Å². The van der Waals surface area contributed by atoms with E-state index in [0.29, 0.717) is 0 Å². The fourth-order valence-electron chi connectivity index (χ4n) is 1.82. The number of nitrogens with zero attached hydrogens (tertiary/aromatic N) is 1. The quantitative estimate of drug-likeness (QED) is 0.888. The Morgan fingerprint density at radius 3 is 2.28 bits per heavy atom. The summed E-state index contributed by atoms with van der Waals surface area (Å²) in [6, 6.07) is 8.80. The first-order valence-corrected chi connectivity index (χ1v) is 7.22. The van der Waals surface area contributed by atoms with Gasteiger partial charge < -0.3 is 5.32 Å². The minimum atomic E-state index is 0.856. The average molecular weight is 260 g/mol. The molecule has 0 aliphatic heterocycles. The van der Waals surface area contributed by atoms with E-state index in [4.69, 9.17) is 0 Å². The van der Waals surface area contributed by atoms with Gasteiger partial charge in [0.1, 0.15) is 5.01 Å². The van der Waals surface area contributed by atoms with Crippen LogP contribution in [-0.4, -0.2) is 4.98 Å². The predicted molar refractivity (Wildman–Crippen MR) is 78.0 cm³/mol. The molecular weight excluding hydrogens is 240 g/mol. The maximum atomic E-state index is 4.52. The average Bonchev–Trinajstić information content (AvgIpc) is 2.69. The zero-order chi connectivity index (χ0) is 13.0. The minimum absolute atomic E-state index is 0.856. The van der Waals surface area contributed by atoms with Crippen molar-refractivity contribution < 1.29 is 0 Å². The van der Waals surface area contributed by atoms with Gasteiger partial charge in [-0.2, -0.15) is 0 Å². The molecule has 96 valence electrons. The van der Waals surface area contributed by atoms with Gasteiger partial charge in [-0.15, -0.1) is 11.3 Å². The Labute approximate surface area is 113 Å². The normalized spacial score (nSPS) is 10.8. The number of hydrogen-bond donors (Lipinski definition) is 1. The lowest BCUT2D eigenvalue weighted by Gasteiger charge is -2.04. The van der Waals surface area contributed by atoms with E-state index in [1.54, 1.807) is 11.3 Å². The Balaban J connectivity index is 1.84. The third kappa shape index (κ3) is 3.40. The predicted octanol–water partition coefficient (Wildman–Crippen LogP) is 3.61. The van der Waals surface area contributed by atoms with E-state index in [0.717, 1.165) is 25.2 Å². The fraction of sp³-hybridized carbons (Fsp3) is 0.400. The molecule has 3 heteroatoms. The molecule has 2 nitrogen and oxygen atoms in total. The summed E-state index contributed by atoms with van der Waals surface area (Å²) >= 11 is 1.78. The molecular formula is C15H20N2S. The first-order valence-electron chi connectivity index (χ1n) is 6.40. The third-order valence-electron chi connectivity index (χ3n) is 3.11. The molecule has 1 heterocycles. The van der Waals surface area contributed by atoms with E-state index in [1.807, 2.05) is 0 Å². The van der Waals surface area contributed by atoms with Gasteiger partial charge in [-0.25, -0.2) is 4.98 Å². The van der Waals surface area contributed by atoms with Gasteiger partial charge in [0, 0.05) is 18.0 Å². The van der Waals surface area contributed by atoms with E-state index in [-0.39, 0.29) is 0 Å². The van der Waals surface area contributed by atoms with Gasteiger partial charge in [-0.05, 0) is 31.4 Å². The largest absolute Gasteiger partial charge is 0.306 e. The van der Waals surface area contributed by atoms with E-state index in [2.05, 4.69) is 55.3 Å². The number of thiazole rings is 1. The Kier molecular flexibility index (Phi) is 4.50. The maximum absolute atomic E-state index is 4.52. The van der Waals surface area contributed by atoms with Crippen LogP contribution in [0.25, 0.3) is 0 Å². The smallest absolute Gasteiger partial charge is 0.107 e. The van der Waals surface area contributed by atoms with Crippen molar-refractivity contribution >= 4 is 11.3 Å². The van der Waals surface area contributed by atoms with Crippen LogP contribution < -0.4 is 5.32 Å². The van der Waals surface area contributed by atoms with Gasteiger partial charge in [0.15, 0.2) is 0 Å². The lowest BCUT2D eigenvalue weighted by molar-refractivity contribution is 0.688. The first-order chi connectivity index (χ1) is 8.69. The summed E-state index contributed by atoms with van der Waals surface area (Å²) in [7, 11) is 0. The molecule has 0 saturated heterocycles. The van der Waals surface area contributed by atoms with Crippen LogP contribution in [0.3, 0.4) is 0 Å². The number of hydrogen-bond acceptors (Lipinski definition) is 3. The van der Waals surface area contributed by atoms with E-state index in [9.17, 15) is 0 Å². The molecule has 0 amide bonds. The summed E-state index contributed by atoms with van der Waals surface area (Å²) in [5, 5.41) is 4.62. The third-order valence-corrected chi connectivity index (χ3v) is 4.18. The summed E-state index contributed by atoms with van der Waals surface area (Å²) < 4.78 is 0. The van der Waals surface area contributed by atoms with Crippen molar-refractivity contribution in [2.45, 2.75) is 40.3 Å². The second-order valence-electron chi connectivity index (χ2n) is 4.52. The molecule has 0 bridgehead atoms. The number of aromatic nitrogens is 1. The molecule has 2 aromatic rings. The van der Waals surface area contributed by atoms with Crippen LogP contribution >= 0.6 is 11.3 Å². The zero-order valence-corrected chi connectivity index (χ0v) is 12.1. The Morgan fingerprint density at radius 1 is 1.06 bits per heavy atom. The molecule has 18 heavy (non-hydrogen) atoms. The Bertz CT molecular complexity index is 480. The highest BCUT2D eigenvalue weighted by Gasteiger charge is 2.02. The molecule has 0 spiro atoms. The van der Waals surface area contributed by atoms with Gasteiger partial charge in [0.05, 0.1) is 5.69 Å². The van der Waals surface area contributed by atoms with Crippen molar-refractivity contribution in [2.24, 2.45) is 0 Å². The highest BCUT2D eigenvalue weighted by Crippen LogP contribution is 2.16. The molecule has 1 aromatic heterocycles. The van der Waals surface area contributed by atoms with Crippen LogP contribution in [0.2, 0.25) is 0 Å². The van der Waals surface area contributed by atoms with Gasteiger partial charge in [0.25, 0.3) is 0 Å². The van der Waals surface area contributed by atoms with Crippen LogP contribution in [0, 0.1) is 13.8 Å². The van der Waals surface area contributed by atoms with Crippen molar-refractivity contribution in [3.63, 3.8) is 0 Å². The van der Waals surface area contributed by atoms with Gasteiger partial charge in [0.2, 0.25) is 0 Å². The molecule has 0 aliphatic rings. The van der Waals surface area contributed by atoms with Crippen LogP contribution in [0.5, 0.6) is 0 Å². The van der Waals surface area contributed by atoms with Gasteiger partial charge in [-0.1, -0.05) is 31.2 Å². The lowest BCUT2D eigenvalue weighted by atomic mass is 10.1. The maximum Gasteiger partial charge on any atom is 0.107 e. The molecule has 1 N–H and O–H groups in total. The zero-order valence-electron chi connectivity index (χ0n) is 11.3. The fourth-order valence-corrected chi connectivity index (χ4v) is 2.72. The van der Waals surface area contributed by atoms with Crippen LogP contribution in [0.1, 0.15) is 33.6 Å². The van der Waals surface area contributed by atoms with E-state index >= 15 is 0 Å². The number of benzene rings is 1. The van der Waals surface area contributed by atoms with Crippen molar-refractivity contribution in [1.29, 1.82) is 0 Å². The summed E-state index contributed by atoms with van der Waals surface area (Å²) in [6.45, 7) is 8.13. The molecule has 0 atom stereocenters. The van der Waals surface area contributed by atoms with Crippen LogP contribution in [-0.2, 0) is 19.5 Å². The van der Waals surface area contributed by atoms with Crippen molar-refractivity contribution in [1.82, 2.24) is 10.3 Å². The molecule has 0 saturated carbocycles. The van der Waals surface area contributed by atoms with Crippen LogP contribution in [0.15, 0.2) is 24.3 Å². The van der Waals surface area contributed by atoms with Gasteiger partial charge in [-0.3, -0.25) is 0 Å². The second kappa shape index (κ2) is 6.12. The summed E-state index contributed by atoms with van der Waals surface area (Å²) in [6.07, 6.45) is 1.10. The first kappa shape index (κ1) is 13.2. The van der Waals surface area contributed by atoms with Crippen molar-refractivity contribution in [2.75, 3.05) is 0 Å². The summed E-state index contributed by atoms with van der Waals surface area (Å²) in [4.78, 5) is 5.84. The second-order valence-corrected chi connectivity index (χ2v) is 5.81. The number of rotatable bonds is 5. The highest BCUT2D eigenvalue weighted by atomic mass is 32.1. The van der Waals surface area contributed by atoms with Gasteiger partial charge >= 0.3 is 0 Å². The number of nitrogens with one attached hydrogen (secondary N) is 1. The summed E-state index contributed by atoms with van der Waals surface area (Å²) in [5.74, 6) is 0. The van der Waals surface area contributed by atoms with E-state index in [1.165, 1.54) is 21.0 Å². The molecule has 0 fully saturated rings. The molecule has 2 rings (SSSR count). The molecule has 1 aromatic carbocycles.